The summed E-state index contributed by atoms with van der Waals surface area (Å²) < 4.78 is 29.5. The van der Waals surface area contributed by atoms with Crippen LogP contribution in [0.1, 0.15) is 19.5 Å². The van der Waals surface area contributed by atoms with E-state index < -0.39 is 22.0 Å². The number of aromatic nitrogens is 1. The summed E-state index contributed by atoms with van der Waals surface area (Å²) in [4.78, 5) is 11.4. The van der Waals surface area contributed by atoms with Crippen molar-refractivity contribution in [2.75, 3.05) is 0 Å². The smallest absolute Gasteiger partial charge is 0.322 e. The summed E-state index contributed by atoms with van der Waals surface area (Å²) in [5, 5.41) is 9.80. The van der Waals surface area contributed by atoms with E-state index in [1.807, 2.05) is 12.1 Å². The number of fused-ring (bicyclic) bond motifs is 1. The Balaban J connectivity index is 2.60. The summed E-state index contributed by atoms with van der Waals surface area (Å²) in [5.41, 5.74) is 1.36. The van der Waals surface area contributed by atoms with Crippen LogP contribution in [0.15, 0.2) is 29.2 Å². The number of nitrogens with zero attached hydrogens (tertiary/aromatic N) is 1. The fourth-order valence-corrected chi connectivity index (χ4v) is 4.34. The molecule has 0 saturated carbocycles. The van der Waals surface area contributed by atoms with Crippen LogP contribution in [0.3, 0.4) is 0 Å². The van der Waals surface area contributed by atoms with Gasteiger partial charge in [-0.2, -0.15) is 4.72 Å². The molecule has 1 aromatic heterocycles. The highest BCUT2D eigenvalue weighted by Gasteiger charge is 2.31. The number of carboxylic acid groups (broad SMARTS) is 1. The van der Waals surface area contributed by atoms with E-state index in [0.29, 0.717) is 11.1 Å². The topological polar surface area (TPSA) is 88.4 Å². The fourth-order valence-electron chi connectivity index (χ4n) is 2.52. The second-order valence-electron chi connectivity index (χ2n) is 5.67. The molecular weight excluding hydrogens is 304 g/mol. The molecule has 2 N–H and O–H groups in total. The Hall–Kier alpha value is -1.86. The van der Waals surface area contributed by atoms with Gasteiger partial charge in [0.2, 0.25) is 10.0 Å². The number of sulfonamides is 1. The maximum atomic E-state index is 12.7. The van der Waals surface area contributed by atoms with Gasteiger partial charge in [-0.15, -0.1) is 0 Å². The molecule has 0 fully saturated rings. The Kier molecular flexibility index (Phi) is 4.30. The maximum absolute atomic E-state index is 12.7. The summed E-state index contributed by atoms with van der Waals surface area (Å²) in [6.07, 6.45) is 0. The zero-order valence-corrected chi connectivity index (χ0v) is 13.8. The molecule has 1 atom stereocenters. The van der Waals surface area contributed by atoms with Crippen LogP contribution in [-0.4, -0.2) is 30.1 Å². The highest BCUT2D eigenvalue weighted by molar-refractivity contribution is 7.89. The van der Waals surface area contributed by atoms with Crippen molar-refractivity contribution in [2.45, 2.75) is 31.7 Å². The summed E-state index contributed by atoms with van der Waals surface area (Å²) in [6, 6.07) is 5.99. The van der Waals surface area contributed by atoms with Gasteiger partial charge in [-0.25, -0.2) is 8.42 Å². The Labute approximate surface area is 129 Å². The van der Waals surface area contributed by atoms with E-state index in [4.69, 9.17) is 0 Å². The average molecular weight is 324 g/mol. The van der Waals surface area contributed by atoms with Gasteiger partial charge < -0.3 is 9.67 Å². The lowest BCUT2D eigenvalue weighted by molar-refractivity contribution is -0.140. The molecule has 2 aromatic rings. The second-order valence-corrected chi connectivity index (χ2v) is 7.32. The summed E-state index contributed by atoms with van der Waals surface area (Å²) in [6.45, 7) is 5.04. The monoisotopic (exact) mass is 324 g/mol. The van der Waals surface area contributed by atoms with Crippen LogP contribution < -0.4 is 4.72 Å². The van der Waals surface area contributed by atoms with Gasteiger partial charge >= 0.3 is 5.97 Å². The lowest BCUT2D eigenvalue weighted by Gasteiger charge is -2.18. The standard InChI is InChI=1S/C15H20N2O4S/c1-9(2)13(15(18)19)16-22(20,21)14-10(3)17(4)12-8-6-5-7-11(12)14/h5-9,13,16H,1-4H3,(H,18,19)/t13-/m1/s1. The van der Waals surface area contributed by atoms with Crippen molar-refractivity contribution in [1.82, 2.24) is 9.29 Å². The lowest BCUT2D eigenvalue weighted by Crippen LogP contribution is -2.44. The molecule has 0 saturated heterocycles. The normalized spacial score (nSPS) is 13.7. The molecule has 1 heterocycles. The van der Waals surface area contributed by atoms with Gasteiger partial charge in [0.05, 0.1) is 0 Å². The fraction of sp³-hybridized carbons (Fsp3) is 0.400. The van der Waals surface area contributed by atoms with Gasteiger partial charge in [-0.05, 0) is 18.9 Å². The van der Waals surface area contributed by atoms with Crippen molar-refractivity contribution < 1.29 is 18.3 Å². The van der Waals surface area contributed by atoms with Gasteiger partial charge in [-0.3, -0.25) is 4.79 Å². The van der Waals surface area contributed by atoms with E-state index in [-0.39, 0.29) is 10.8 Å². The number of para-hydroxylation sites is 1. The van der Waals surface area contributed by atoms with E-state index >= 15 is 0 Å². The third-order valence-corrected chi connectivity index (χ3v) is 5.44. The Bertz CT molecular complexity index is 821. The molecule has 0 amide bonds. The first-order chi connectivity index (χ1) is 10.2. The number of carboxylic acids is 1. The molecule has 0 aliphatic rings. The first-order valence-corrected chi connectivity index (χ1v) is 8.44. The Morgan fingerprint density at radius 2 is 1.86 bits per heavy atom. The SMILES string of the molecule is Cc1c(S(=O)(=O)N[C@@H](C(=O)O)C(C)C)c2ccccc2n1C. The van der Waals surface area contributed by atoms with Gasteiger partial charge in [0.1, 0.15) is 10.9 Å². The quantitative estimate of drug-likeness (QED) is 0.879. The molecule has 0 radical (unpaired) electrons. The van der Waals surface area contributed by atoms with E-state index in [1.54, 1.807) is 44.5 Å². The maximum Gasteiger partial charge on any atom is 0.322 e. The number of carbonyl (C=O) groups is 1. The molecule has 0 unspecified atom stereocenters. The van der Waals surface area contributed by atoms with E-state index in [1.165, 1.54) is 0 Å². The number of aryl methyl sites for hydroxylation is 1. The third kappa shape index (κ3) is 2.74. The Morgan fingerprint density at radius 1 is 1.27 bits per heavy atom. The average Bonchev–Trinajstić information content (AvgIpc) is 2.69. The predicted octanol–water partition coefficient (Wildman–Crippen LogP) is 1.87. The van der Waals surface area contributed by atoms with Crippen LogP contribution in [0.4, 0.5) is 0 Å². The minimum absolute atomic E-state index is 0.137. The van der Waals surface area contributed by atoms with Crippen LogP contribution in [0.2, 0.25) is 0 Å². The molecule has 2 rings (SSSR count). The predicted molar refractivity (Wildman–Crippen MR) is 84.2 cm³/mol. The molecule has 0 bridgehead atoms. The van der Waals surface area contributed by atoms with Crippen LogP contribution in [0, 0.1) is 12.8 Å². The lowest BCUT2D eigenvalue weighted by atomic mass is 10.1. The molecule has 0 aliphatic heterocycles. The zero-order valence-electron chi connectivity index (χ0n) is 13.0. The van der Waals surface area contributed by atoms with Crippen LogP contribution in [-0.2, 0) is 21.9 Å². The largest absolute Gasteiger partial charge is 0.480 e. The molecular formula is C15H20N2O4S. The van der Waals surface area contributed by atoms with E-state index in [9.17, 15) is 18.3 Å². The number of nitrogens with one attached hydrogen (secondary N) is 1. The molecule has 120 valence electrons. The summed E-state index contributed by atoms with van der Waals surface area (Å²) >= 11 is 0. The highest BCUT2D eigenvalue weighted by Crippen LogP contribution is 2.29. The first-order valence-electron chi connectivity index (χ1n) is 6.96. The van der Waals surface area contributed by atoms with Crippen molar-refractivity contribution in [3.63, 3.8) is 0 Å². The molecule has 7 heteroatoms. The van der Waals surface area contributed by atoms with Crippen molar-refractivity contribution >= 4 is 26.9 Å². The van der Waals surface area contributed by atoms with Gasteiger partial charge in [0.25, 0.3) is 0 Å². The highest BCUT2D eigenvalue weighted by atomic mass is 32.2. The van der Waals surface area contributed by atoms with Crippen LogP contribution >= 0.6 is 0 Å². The van der Waals surface area contributed by atoms with Crippen molar-refractivity contribution in [1.29, 1.82) is 0 Å². The Morgan fingerprint density at radius 3 is 2.41 bits per heavy atom. The zero-order chi connectivity index (χ0) is 16.7. The van der Waals surface area contributed by atoms with E-state index in [2.05, 4.69) is 4.72 Å². The molecule has 6 nitrogen and oxygen atoms in total. The number of rotatable bonds is 5. The number of hydrogen-bond acceptors (Lipinski definition) is 3. The van der Waals surface area contributed by atoms with Gasteiger partial charge in [-0.1, -0.05) is 32.0 Å². The third-order valence-electron chi connectivity index (χ3n) is 3.83. The molecule has 0 aliphatic carbocycles. The van der Waals surface area contributed by atoms with Crippen LogP contribution in [0.5, 0.6) is 0 Å². The van der Waals surface area contributed by atoms with Gasteiger partial charge in [0.15, 0.2) is 0 Å². The minimum Gasteiger partial charge on any atom is -0.480 e. The van der Waals surface area contributed by atoms with Crippen molar-refractivity contribution in [2.24, 2.45) is 13.0 Å². The van der Waals surface area contributed by atoms with Gasteiger partial charge in [0, 0.05) is 23.6 Å². The molecule has 1 aromatic carbocycles. The molecule has 0 spiro atoms. The second kappa shape index (κ2) is 5.73. The number of hydrogen-bond donors (Lipinski definition) is 2. The molecule has 22 heavy (non-hydrogen) atoms. The number of benzene rings is 1. The summed E-state index contributed by atoms with van der Waals surface area (Å²) in [7, 11) is -2.15. The van der Waals surface area contributed by atoms with Crippen LogP contribution in [0.25, 0.3) is 10.9 Å². The minimum atomic E-state index is -3.94. The van der Waals surface area contributed by atoms with E-state index in [0.717, 1.165) is 5.52 Å². The summed E-state index contributed by atoms with van der Waals surface area (Å²) in [5.74, 6) is -1.54. The van der Waals surface area contributed by atoms with Crippen molar-refractivity contribution in [3.05, 3.63) is 30.0 Å². The number of aliphatic carboxylic acids is 1. The van der Waals surface area contributed by atoms with Crippen molar-refractivity contribution in [3.8, 4) is 0 Å². The first kappa shape index (κ1) is 16.5.